The molecule has 0 radical (unpaired) electrons. The molecule has 2 aliphatic carbocycles. The van der Waals surface area contributed by atoms with Crippen molar-refractivity contribution < 1.29 is 4.79 Å². The van der Waals surface area contributed by atoms with Crippen molar-refractivity contribution in [3.05, 3.63) is 0 Å². The highest BCUT2D eigenvalue weighted by molar-refractivity contribution is 5.76. The van der Waals surface area contributed by atoms with Crippen LogP contribution in [0.1, 0.15) is 52.4 Å². The van der Waals surface area contributed by atoms with E-state index in [-0.39, 0.29) is 11.9 Å². The maximum absolute atomic E-state index is 11.8. The Morgan fingerprint density at radius 3 is 2.65 bits per heavy atom. The van der Waals surface area contributed by atoms with Gasteiger partial charge in [0.2, 0.25) is 5.91 Å². The highest BCUT2D eigenvalue weighted by Gasteiger charge is 2.41. The van der Waals surface area contributed by atoms with Gasteiger partial charge in [0.25, 0.3) is 0 Å². The fourth-order valence-electron chi connectivity index (χ4n) is 3.70. The quantitative estimate of drug-likeness (QED) is 0.770. The third-order valence-electron chi connectivity index (χ3n) is 4.65. The Bertz CT molecular complexity index is 277. The zero-order chi connectivity index (χ0) is 12.4. The predicted octanol–water partition coefficient (Wildman–Crippen LogP) is 2.05. The number of nitrogens with one attached hydrogen (secondary N) is 1. The standard InChI is InChI=1S/C14H26N2O/c1-9(15)3-6-14(17)16-10(2)13-8-11-4-5-12(13)7-11/h9-13H,3-8,15H2,1-2H3,(H,16,17). The lowest BCUT2D eigenvalue weighted by Crippen LogP contribution is -2.40. The van der Waals surface area contributed by atoms with Crippen LogP contribution in [0.15, 0.2) is 0 Å². The van der Waals surface area contributed by atoms with Crippen molar-refractivity contribution in [1.82, 2.24) is 5.32 Å². The molecule has 0 spiro atoms. The average molecular weight is 238 g/mol. The van der Waals surface area contributed by atoms with Crippen LogP contribution in [0.3, 0.4) is 0 Å². The topological polar surface area (TPSA) is 55.1 Å². The number of fused-ring (bicyclic) bond motifs is 2. The van der Waals surface area contributed by atoms with E-state index < -0.39 is 0 Å². The largest absolute Gasteiger partial charge is 0.353 e. The maximum Gasteiger partial charge on any atom is 0.220 e. The Morgan fingerprint density at radius 1 is 1.35 bits per heavy atom. The molecule has 0 heterocycles. The van der Waals surface area contributed by atoms with Gasteiger partial charge in [-0.05, 0) is 57.3 Å². The molecule has 2 rings (SSSR count). The first-order valence-corrected chi connectivity index (χ1v) is 7.11. The SMILES string of the molecule is CC(N)CCC(=O)NC(C)C1CC2CCC1C2. The number of carbonyl (C=O) groups excluding carboxylic acids is 1. The number of hydrogen-bond donors (Lipinski definition) is 2. The fraction of sp³-hybridized carbons (Fsp3) is 0.929. The maximum atomic E-state index is 11.8. The molecule has 5 unspecified atom stereocenters. The first kappa shape index (κ1) is 12.9. The van der Waals surface area contributed by atoms with Gasteiger partial charge in [-0.2, -0.15) is 0 Å². The number of hydrogen-bond acceptors (Lipinski definition) is 2. The normalized spacial score (nSPS) is 34.6. The van der Waals surface area contributed by atoms with Gasteiger partial charge in [0.15, 0.2) is 0 Å². The Hall–Kier alpha value is -0.570. The van der Waals surface area contributed by atoms with Gasteiger partial charge in [-0.25, -0.2) is 0 Å². The van der Waals surface area contributed by atoms with Crippen LogP contribution in [0, 0.1) is 17.8 Å². The lowest BCUT2D eigenvalue weighted by molar-refractivity contribution is -0.122. The first-order chi connectivity index (χ1) is 8.06. The van der Waals surface area contributed by atoms with Crippen LogP contribution in [0.4, 0.5) is 0 Å². The molecular weight excluding hydrogens is 212 g/mol. The molecule has 2 bridgehead atoms. The molecule has 1 amide bonds. The summed E-state index contributed by atoms with van der Waals surface area (Å²) in [5.74, 6) is 2.74. The minimum Gasteiger partial charge on any atom is -0.353 e. The highest BCUT2D eigenvalue weighted by Crippen LogP contribution is 2.49. The molecule has 98 valence electrons. The van der Waals surface area contributed by atoms with Crippen molar-refractivity contribution in [3.8, 4) is 0 Å². The predicted molar refractivity (Wildman–Crippen MR) is 69.4 cm³/mol. The van der Waals surface area contributed by atoms with Crippen LogP contribution < -0.4 is 11.1 Å². The smallest absolute Gasteiger partial charge is 0.220 e. The van der Waals surface area contributed by atoms with Crippen LogP contribution in [-0.4, -0.2) is 18.0 Å². The van der Waals surface area contributed by atoms with E-state index in [4.69, 9.17) is 5.73 Å². The molecule has 0 aromatic heterocycles. The molecule has 0 aromatic carbocycles. The Balaban J connectivity index is 1.73. The summed E-state index contributed by atoms with van der Waals surface area (Å²) in [5, 5.41) is 3.17. The molecule has 0 aromatic rings. The van der Waals surface area contributed by atoms with E-state index in [0.29, 0.717) is 12.5 Å². The third-order valence-corrected chi connectivity index (χ3v) is 4.65. The summed E-state index contributed by atoms with van der Waals surface area (Å²) in [7, 11) is 0. The minimum atomic E-state index is 0.124. The molecule has 2 saturated carbocycles. The molecule has 3 N–H and O–H groups in total. The van der Waals surface area contributed by atoms with Crippen molar-refractivity contribution in [1.29, 1.82) is 0 Å². The molecule has 0 aliphatic heterocycles. The Morgan fingerprint density at radius 2 is 2.12 bits per heavy atom. The van der Waals surface area contributed by atoms with Crippen LogP contribution in [-0.2, 0) is 4.79 Å². The lowest BCUT2D eigenvalue weighted by Gasteiger charge is -2.28. The van der Waals surface area contributed by atoms with E-state index in [1.165, 1.54) is 25.7 Å². The molecule has 0 saturated heterocycles. The summed E-state index contributed by atoms with van der Waals surface area (Å²) in [4.78, 5) is 11.8. The van der Waals surface area contributed by atoms with E-state index in [0.717, 1.165) is 24.2 Å². The van der Waals surface area contributed by atoms with Crippen LogP contribution in [0.2, 0.25) is 0 Å². The van der Waals surface area contributed by atoms with Gasteiger partial charge in [0, 0.05) is 18.5 Å². The number of rotatable bonds is 5. The van der Waals surface area contributed by atoms with E-state index in [9.17, 15) is 4.79 Å². The van der Waals surface area contributed by atoms with E-state index in [1.54, 1.807) is 0 Å². The van der Waals surface area contributed by atoms with E-state index >= 15 is 0 Å². The first-order valence-electron chi connectivity index (χ1n) is 7.11. The van der Waals surface area contributed by atoms with Crippen LogP contribution >= 0.6 is 0 Å². The van der Waals surface area contributed by atoms with Crippen molar-refractivity contribution in [3.63, 3.8) is 0 Å². The lowest BCUT2D eigenvalue weighted by atomic mass is 9.84. The zero-order valence-corrected chi connectivity index (χ0v) is 11.1. The monoisotopic (exact) mass is 238 g/mol. The summed E-state index contributed by atoms with van der Waals surface area (Å²) in [5.41, 5.74) is 5.66. The van der Waals surface area contributed by atoms with Crippen LogP contribution in [0.25, 0.3) is 0 Å². The minimum absolute atomic E-state index is 0.124. The molecule has 2 aliphatic rings. The summed E-state index contributed by atoms with van der Waals surface area (Å²) in [6.45, 7) is 4.13. The van der Waals surface area contributed by atoms with Gasteiger partial charge in [0.1, 0.15) is 0 Å². The zero-order valence-electron chi connectivity index (χ0n) is 11.1. The molecule has 3 nitrogen and oxygen atoms in total. The van der Waals surface area contributed by atoms with Crippen LogP contribution in [0.5, 0.6) is 0 Å². The molecular formula is C14H26N2O. The van der Waals surface area contributed by atoms with E-state index in [2.05, 4.69) is 12.2 Å². The van der Waals surface area contributed by atoms with Gasteiger partial charge < -0.3 is 11.1 Å². The summed E-state index contributed by atoms with van der Waals surface area (Å²) >= 11 is 0. The number of carbonyl (C=O) groups is 1. The van der Waals surface area contributed by atoms with Gasteiger partial charge >= 0.3 is 0 Å². The van der Waals surface area contributed by atoms with Crippen molar-refractivity contribution in [2.24, 2.45) is 23.5 Å². The van der Waals surface area contributed by atoms with Gasteiger partial charge in [-0.1, -0.05) is 6.42 Å². The van der Waals surface area contributed by atoms with Gasteiger partial charge in [0.05, 0.1) is 0 Å². The van der Waals surface area contributed by atoms with Crippen molar-refractivity contribution in [2.75, 3.05) is 0 Å². The summed E-state index contributed by atoms with van der Waals surface area (Å²) in [6, 6.07) is 0.476. The summed E-state index contributed by atoms with van der Waals surface area (Å²) in [6.07, 6.45) is 6.91. The Kier molecular flexibility index (Phi) is 4.08. The molecule has 3 heteroatoms. The Labute approximate surface area is 105 Å². The molecule has 5 atom stereocenters. The second-order valence-electron chi connectivity index (χ2n) is 6.21. The second-order valence-corrected chi connectivity index (χ2v) is 6.21. The van der Waals surface area contributed by atoms with Crippen molar-refractivity contribution in [2.45, 2.75) is 64.5 Å². The second kappa shape index (κ2) is 5.38. The van der Waals surface area contributed by atoms with Crippen molar-refractivity contribution >= 4 is 5.91 Å². The number of amides is 1. The molecule has 17 heavy (non-hydrogen) atoms. The highest BCUT2D eigenvalue weighted by atomic mass is 16.1. The van der Waals surface area contributed by atoms with Gasteiger partial charge in [-0.15, -0.1) is 0 Å². The molecule has 2 fully saturated rings. The summed E-state index contributed by atoms with van der Waals surface area (Å²) < 4.78 is 0. The number of nitrogens with two attached hydrogens (primary N) is 1. The van der Waals surface area contributed by atoms with Gasteiger partial charge in [-0.3, -0.25) is 4.79 Å². The average Bonchev–Trinajstić information content (AvgIpc) is 2.87. The fourth-order valence-corrected chi connectivity index (χ4v) is 3.70. The van der Waals surface area contributed by atoms with E-state index in [1.807, 2.05) is 6.92 Å². The third kappa shape index (κ3) is 3.21.